The predicted octanol–water partition coefficient (Wildman–Crippen LogP) is 7.87. The van der Waals surface area contributed by atoms with Crippen LogP contribution in [0.1, 0.15) is 119 Å². The molecule has 0 fully saturated rings. The lowest BCUT2D eigenvalue weighted by atomic mass is 9.62. The maximum absolute atomic E-state index is 14.3. The molecule has 1 aliphatic rings. The van der Waals surface area contributed by atoms with Crippen molar-refractivity contribution in [2.24, 2.45) is 11.3 Å². The lowest BCUT2D eigenvalue weighted by molar-refractivity contribution is -0.160. The number of benzene rings is 2. The molecule has 1 amide bonds. The fourth-order valence-corrected chi connectivity index (χ4v) is 7.28. The fraction of sp³-hybridized carbons (Fsp3) is 0.564. The molecule has 1 heterocycles. The van der Waals surface area contributed by atoms with Gasteiger partial charge in [0.05, 0.1) is 30.7 Å². The summed E-state index contributed by atoms with van der Waals surface area (Å²) < 4.78 is 18.7. The Kier molecular flexibility index (Phi) is 11.0. The molecule has 0 saturated carbocycles. The summed E-state index contributed by atoms with van der Waals surface area (Å²) in [7, 11) is 3.28. The SMILES string of the molecule is CCC(CCC(CC)C(=O)OC(C)(C)C)NC(=O)c1ccc2c(c1)c1c(n2Cc2ccc(OC)cc2)C(=O)C(C)(COC)CC1(C)C. The van der Waals surface area contributed by atoms with Crippen LogP contribution in [0.4, 0.5) is 0 Å². The zero-order valence-corrected chi connectivity index (χ0v) is 30.0. The Morgan fingerprint density at radius 2 is 1.66 bits per heavy atom. The normalized spacial score (nSPS) is 18.8. The van der Waals surface area contributed by atoms with E-state index in [0.29, 0.717) is 50.1 Å². The zero-order valence-electron chi connectivity index (χ0n) is 30.0. The van der Waals surface area contributed by atoms with E-state index in [9.17, 15) is 14.4 Å². The number of aromatic nitrogens is 1. The molecule has 3 atom stereocenters. The molecule has 0 saturated heterocycles. The summed E-state index contributed by atoms with van der Waals surface area (Å²) in [6.45, 7) is 16.9. The summed E-state index contributed by atoms with van der Waals surface area (Å²) in [6.07, 6.45) is 3.38. The van der Waals surface area contributed by atoms with E-state index in [2.05, 4.69) is 23.7 Å². The fourth-order valence-electron chi connectivity index (χ4n) is 7.28. The quantitative estimate of drug-likeness (QED) is 0.190. The Morgan fingerprint density at radius 3 is 2.23 bits per heavy atom. The monoisotopic (exact) mass is 646 g/mol. The number of hydrogen-bond donors (Lipinski definition) is 1. The summed E-state index contributed by atoms with van der Waals surface area (Å²) in [5.41, 5.74) is 2.61. The second kappa shape index (κ2) is 14.2. The van der Waals surface area contributed by atoms with Gasteiger partial charge in [-0.15, -0.1) is 0 Å². The number of Topliss-reactive ketones (excluding diaryl/α,β-unsaturated/α-hetero) is 1. The van der Waals surface area contributed by atoms with E-state index in [-0.39, 0.29) is 35.0 Å². The van der Waals surface area contributed by atoms with Crippen molar-refractivity contribution in [3.8, 4) is 5.75 Å². The molecule has 0 spiro atoms. The van der Waals surface area contributed by atoms with Crippen LogP contribution < -0.4 is 10.1 Å². The molecule has 3 unspecified atom stereocenters. The number of nitrogens with one attached hydrogen (secondary N) is 1. The molecule has 1 N–H and O–H groups in total. The van der Waals surface area contributed by atoms with E-state index in [1.807, 2.05) is 84.0 Å². The van der Waals surface area contributed by atoms with Crippen molar-refractivity contribution < 1.29 is 28.6 Å². The Morgan fingerprint density at radius 1 is 0.979 bits per heavy atom. The number of fused-ring (bicyclic) bond motifs is 3. The van der Waals surface area contributed by atoms with Crippen molar-refractivity contribution in [1.82, 2.24) is 9.88 Å². The first-order valence-corrected chi connectivity index (χ1v) is 16.9. The van der Waals surface area contributed by atoms with E-state index in [1.165, 1.54) is 0 Å². The molecule has 256 valence electrons. The topological polar surface area (TPSA) is 95.9 Å². The molecule has 0 radical (unpaired) electrons. The molecular weight excluding hydrogens is 592 g/mol. The van der Waals surface area contributed by atoms with Gasteiger partial charge in [0, 0.05) is 36.2 Å². The number of rotatable bonds is 13. The van der Waals surface area contributed by atoms with Crippen molar-refractivity contribution in [2.75, 3.05) is 20.8 Å². The molecule has 8 heteroatoms. The molecule has 4 rings (SSSR count). The molecule has 1 aliphatic carbocycles. The van der Waals surface area contributed by atoms with Gasteiger partial charge in [-0.2, -0.15) is 0 Å². The number of hydrogen-bond acceptors (Lipinski definition) is 6. The van der Waals surface area contributed by atoms with Crippen molar-refractivity contribution >= 4 is 28.6 Å². The maximum Gasteiger partial charge on any atom is 0.309 e. The highest BCUT2D eigenvalue weighted by Gasteiger charge is 2.49. The summed E-state index contributed by atoms with van der Waals surface area (Å²) in [6, 6.07) is 13.6. The average Bonchev–Trinajstić information content (AvgIpc) is 3.33. The van der Waals surface area contributed by atoms with Crippen molar-refractivity contribution in [1.29, 1.82) is 0 Å². The average molecular weight is 647 g/mol. The first kappa shape index (κ1) is 36.2. The van der Waals surface area contributed by atoms with E-state index in [0.717, 1.165) is 34.2 Å². The number of carbonyl (C=O) groups is 3. The number of amides is 1. The molecule has 1 aromatic heterocycles. The van der Waals surface area contributed by atoms with Crippen LogP contribution in [0.15, 0.2) is 42.5 Å². The number of carbonyl (C=O) groups excluding carboxylic acids is 3. The summed E-state index contributed by atoms with van der Waals surface area (Å²) in [5, 5.41) is 4.14. The van der Waals surface area contributed by atoms with Crippen LogP contribution in [0.5, 0.6) is 5.75 Å². The Labute approximate surface area is 280 Å². The number of ether oxygens (including phenoxy) is 3. The highest BCUT2D eigenvalue weighted by molar-refractivity contribution is 6.09. The molecule has 0 aliphatic heterocycles. The number of ketones is 1. The van der Waals surface area contributed by atoms with Gasteiger partial charge < -0.3 is 24.1 Å². The highest BCUT2D eigenvalue weighted by Crippen LogP contribution is 2.50. The molecule has 3 aromatic rings. The molecular formula is C39H54N2O6. The van der Waals surface area contributed by atoms with Crippen LogP contribution in [-0.2, 0) is 26.2 Å². The Hall–Kier alpha value is -3.65. The molecule has 2 aromatic carbocycles. The third-order valence-corrected chi connectivity index (χ3v) is 9.48. The van der Waals surface area contributed by atoms with Crippen LogP contribution in [0.25, 0.3) is 10.9 Å². The van der Waals surface area contributed by atoms with Gasteiger partial charge in [-0.3, -0.25) is 14.4 Å². The number of methoxy groups -OCH3 is 2. The predicted molar refractivity (Wildman–Crippen MR) is 186 cm³/mol. The van der Waals surface area contributed by atoms with Crippen LogP contribution in [-0.4, -0.2) is 54.7 Å². The molecule has 8 nitrogen and oxygen atoms in total. The van der Waals surface area contributed by atoms with Gasteiger partial charge in [-0.25, -0.2) is 0 Å². The standard InChI is InChI=1S/C39H54N2O6/c1-11-26(36(44)47-37(3,4)5)15-17-28(12-2)40-35(43)27-16-20-31-30(21-27)32-33(34(42)39(8,24-45-9)23-38(32,6)7)41(31)22-25-13-18-29(46-10)19-14-25/h13-14,16,18-21,26,28H,11-12,15,17,22-24H2,1-10H3,(H,40,43). The maximum atomic E-state index is 14.3. The van der Waals surface area contributed by atoms with Gasteiger partial charge in [0.2, 0.25) is 0 Å². The third kappa shape index (κ3) is 7.91. The minimum atomic E-state index is -0.679. The van der Waals surface area contributed by atoms with Crippen LogP contribution in [0, 0.1) is 11.3 Å². The zero-order chi connectivity index (χ0) is 34.7. The van der Waals surface area contributed by atoms with Crippen molar-refractivity contribution in [3.05, 3.63) is 64.8 Å². The van der Waals surface area contributed by atoms with Crippen LogP contribution >= 0.6 is 0 Å². The third-order valence-electron chi connectivity index (χ3n) is 9.48. The Balaban J connectivity index is 1.69. The van der Waals surface area contributed by atoms with Gasteiger partial charge in [-0.1, -0.05) is 39.8 Å². The van der Waals surface area contributed by atoms with Gasteiger partial charge in [0.1, 0.15) is 11.4 Å². The van der Waals surface area contributed by atoms with E-state index < -0.39 is 11.0 Å². The molecule has 0 bridgehead atoms. The van der Waals surface area contributed by atoms with E-state index in [4.69, 9.17) is 14.2 Å². The summed E-state index contributed by atoms with van der Waals surface area (Å²) in [5.74, 6) is 0.274. The molecule has 47 heavy (non-hydrogen) atoms. The van der Waals surface area contributed by atoms with Crippen LogP contribution in [0.2, 0.25) is 0 Å². The lowest BCUT2D eigenvalue weighted by Crippen LogP contribution is -2.45. The van der Waals surface area contributed by atoms with Crippen molar-refractivity contribution in [2.45, 2.75) is 111 Å². The highest BCUT2D eigenvalue weighted by atomic mass is 16.6. The second-order valence-electron chi connectivity index (χ2n) is 15.1. The Bertz CT molecular complexity index is 1600. The largest absolute Gasteiger partial charge is 0.497 e. The lowest BCUT2D eigenvalue weighted by Gasteiger charge is -2.41. The minimum Gasteiger partial charge on any atom is -0.497 e. The van der Waals surface area contributed by atoms with Gasteiger partial charge >= 0.3 is 5.97 Å². The van der Waals surface area contributed by atoms with Gasteiger partial charge in [-0.05, 0) is 107 Å². The van der Waals surface area contributed by atoms with Gasteiger partial charge in [0.25, 0.3) is 5.91 Å². The first-order chi connectivity index (χ1) is 22.1. The summed E-state index contributed by atoms with van der Waals surface area (Å²) in [4.78, 5) is 40.8. The first-order valence-electron chi connectivity index (χ1n) is 16.9. The van der Waals surface area contributed by atoms with E-state index >= 15 is 0 Å². The van der Waals surface area contributed by atoms with Gasteiger partial charge in [0.15, 0.2) is 5.78 Å². The number of esters is 1. The van der Waals surface area contributed by atoms with Crippen LogP contribution in [0.3, 0.4) is 0 Å². The van der Waals surface area contributed by atoms with Crippen molar-refractivity contribution in [3.63, 3.8) is 0 Å². The summed E-state index contributed by atoms with van der Waals surface area (Å²) >= 11 is 0. The second-order valence-corrected chi connectivity index (χ2v) is 15.1. The smallest absolute Gasteiger partial charge is 0.309 e. The van der Waals surface area contributed by atoms with E-state index in [1.54, 1.807) is 14.2 Å². The minimum absolute atomic E-state index is 0.0610. The number of nitrogens with zero attached hydrogens (tertiary/aromatic N) is 1.